The van der Waals surface area contributed by atoms with Crippen LogP contribution < -0.4 is 9.62 Å². The van der Waals surface area contributed by atoms with Gasteiger partial charge in [0.2, 0.25) is 0 Å². The monoisotopic (exact) mass is 519 g/mol. The Kier molecular flexibility index (Phi) is 8.76. The zero-order valence-corrected chi connectivity index (χ0v) is 18.9. The van der Waals surface area contributed by atoms with Crippen LogP contribution in [0.5, 0.6) is 0 Å². The van der Waals surface area contributed by atoms with Crippen LogP contribution in [0.1, 0.15) is 27.6 Å². The van der Waals surface area contributed by atoms with Crippen molar-refractivity contribution in [2.24, 2.45) is 0 Å². The fourth-order valence-electron chi connectivity index (χ4n) is 2.78. The Labute approximate surface area is 197 Å². The summed E-state index contributed by atoms with van der Waals surface area (Å²) in [6, 6.07) is 6.69. The van der Waals surface area contributed by atoms with Gasteiger partial charge in [-0.3, -0.25) is 9.52 Å². The average Bonchev–Trinajstić information content (AvgIpc) is 2.79. The van der Waals surface area contributed by atoms with Crippen molar-refractivity contribution >= 4 is 39.3 Å². The van der Waals surface area contributed by atoms with E-state index in [4.69, 9.17) is 14.6 Å². The molecule has 35 heavy (non-hydrogen) atoms. The van der Waals surface area contributed by atoms with Crippen LogP contribution in [0.2, 0.25) is 0 Å². The Morgan fingerprint density at radius 2 is 1.63 bits per heavy atom. The fourth-order valence-corrected chi connectivity index (χ4v) is 3.81. The number of ketones is 1. The molecule has 1 aromatic heterocycles. The van der Waals surface area contributed by atoms with Crippen LogP contribution in [0.4, 0.5) is 24.7 Å². The molecular formula is C20H20F3N3O8S. The predicted octanol–water partition coefficient (Wildman–Crippen LogP) is 2.25. The SMILES string of the molecule is CC(=O)c1ccc(S(=O)(=O)Nc2cnc(N3CCOCC3)c(C(=O)O)c2)cc1.O=C(O)C(F)(F)F. The molecule has 11 nitrogen and oxygen atoms in total. The standard InChI is InChI=1S/C18H19N3O6S.C2HF3O2/c1-12(22)13-2-4-15(5-3-13)28(25,26)20-14-10-16(18(23)24)17(19-11-14)21-6-8-27-9-7-21;3-2(4,5)1(6)7/h2-5,10-11,20H,6-9H2,1H3,(H,23,24);(H,6,7). The molecule has 3 rings (SSSR count). The lowest BCUT2D eigenvalue weighted by atomic mass is 10.2. The highest BCUT2D eigenvalue weighted by atomic mass is 32.2. The number of aliphatic carboxylic acids is 1. The topological polar surface area (TPSA) is 163 Å². The van der Waals surface area contributed by atoms with E-state index in [2.05, 4.69) is 9.71 Å². The normalized spacial score (nSPS) is 13.9. The highest BCUT2D eigenvalue weighted by molar-refractivity contribution is 7.92. The third-order valence-corrected chi connectivity index (χ3v) is 5.87. The molecule has 0 atom stereocenters. The molecule has 1 aliphatic heterocycles. The molecule has 190 valence electrons. The average molecular weight is 519 g/mol. The largest absolute Gasteiger partial charge is 0.490 e. The van der Waals surface area contributed by atoms with Crippen molar-refractivity contribution < 1.29 is 50.9 Å². The molecule has 0 unspecified atom stereocenters. The molecule has 2 aromatic rings. The van der Waals surface area contributed by atoms with Gasteiger partial charge in [0.15, 0.2) is 5.78 Å². The summed E-state index contributed by atoms with van der Waals surface area (Å²) in [5.74, 6) is -3.87. The number of pyridine rings is 1. The number of alkyl halides is 3. The fraction of sp³-hybridized carbons (Fsp3) is 0.300. The molecule has 15 heteroatoms. The van der Waals surface area contributed by atoms with Crippen LogP contribution in [0, 0.1) is 0 Å². The van der Waals surface area contributed by atoms with Gasteiger partial charge >= 0.3 is 18.1 Å². The summed E-state index contributed by atoms with van der Waals surface area (Å²) in [5.41, 5.74) is 0.322. The second kappa shape index (κ2) is 11.1. The van der Waals surface area contributed by atoms with Gasteiger partial charge in [-0.2, -0.15) is 13.2 Å². The summed E-state index contributed by atoms with van der Waals surface area (Å²) in [7, 11) is -3.96. The number of rotatable bonds is 6. The number of carboxylic acid groups (broad SMARTS) is 2. The van der Waals surface area contributed by atoms with Gasteiger partial charge in [-0.15, -0.1) is 0 Å². The number of carbonyl (C=O) groups is 3. The van der Waals surface area contributed by atoms with E-state index in [0.29, 0.717) is 31.9 Å². The van der Waals surface area contributed by atoms with E-state index in [9.17, 15) is 36.3 Å². The van der Waals surface area contributed by atoms with Crippen molar-refractivity contribution in [1.29, 1.82) is 0 Å². The number of morpholine rings is 1. The van der Waals surface area contributed by atoms with E-state index < -0.39 is 28.1 Å². The summed E-state index contributed by atoms with van der Waals surface area (Å²) >= 11 is 0. The van der Waals surface area contributed by atoms with Gasteiger partial charge in [0.25, 0.3) is 10.0 Å². The lowest BCUT2D eigenvalue weighted by molar-refractivity contribution is -0.192. The highest BCUT2D eigenvalue weighted by Gasteiger charge is 2.38. The number of Topliss-reactive ketones (excluding diaryl/α,β-unsaturated/α-hetero) is 1. The third kappa shape index (κ3) is 7.65. The molecule has 0 radical (unpaired) electrons. The maximum absolute atomic E-state index is 12.6. The summed E-state index contributed by atoms with van der Waals surface area (Å²) in [5, 5.41) is 16.6. The molecule has 0 saturated carbocycles. The van der Waals surface area contributed by atoms with Gasteiger partial charge in [-0.05, 0) is 25.1 Å². The number of carboxylic acids is 2. The second-order valence-corrected chi connectivity index (χ2v) is 8.67. The molecule has 0 bridgehead atoms. The van der Waals surface area contributed by atoms with Crippen molar-refractivity contribution in [1.82, 2.24) is 4.98 Å². The van der Waals surface area contributed by atoms with Crippen molar-refractivity contribution in [2.75, 3.05) is 35.9 Å². The zero-order valence-electron chi connectivity index (χ0n) is 18.1. The summed E-state index contributed by atoms with van der Waals surface area (Å²) in [6.45, 7) is 3.31. The molecule has 3 N–H and O–H groups in total. The molecular weight excluding hydrogens is 499 g/mol. The van der Waals surface area contributed by atoms with Crippen molar-refractivity contribution in [3.05, 3.63) is 47.7 Å². The molecule has 0 aliphatic carbocycles. The van der Waals surface area contributed by atoms with E-state index >= 15 is 0 Å². The second-order valence-electron chi connectivity index (χ2n) is 6.99. The van der Waals surface area contributed by atoms with E-state index in [0.717, 1.165) is 0 Å². The number of ether oxygens (including phenoxy) is 1. The zero-order chi connectivity index (χ0) is 26.4. The van der Waals surface area contributed by atoms with Crippen LogP contribution in [-0.2, 0) is 19.6 Å². The van der Waals surface area contributed by atoms with Crippen LogP contribution in [-0.4, -0.2) is 73.8 Å². The van der Waals surface area contributed by atoms with Gasteiger partial charge in [-0.1, -0.05) is 12.1 Å². The van der Waals surface area contributed by atoms with E-state index in [1.165, 1.54) is 43.5 Å². The van der Waals surface area contributed by atoms with Gasteiger partial charge in [-0.25, -0.2) is 23.0 Å². The molecule has 1 aromatic carbocycles. The maximum Gasteiger partial charge on any atom is 0.490 e. The Hall–Kier alpha value is -3.72. The van der Waals surface area contributed by atoms with Crippen LogP contribution >= 0.6 is 0 Å². The molecule has 0 amide bonds. The van der Waals surface area contributed by atoms with E-state index in [1.807, 2.05) is 0 Å². The Balaban J connectivity index is 0.000000540. The number of carbonyl (C=O) groups excluding carboxylic acids is 1. The van der Waals surface area contributed by atoms with Gasteiger partial charge in [0.1, 0.15) is 11.4 Å². The lowest BCUT2D eigenvalue weighted by Crippen LogP contribution is -2.37. The summed E-state index contributed by atoms with van der Waals surface area (Å²) in [4.78, 5) is 37.8. The number of nitrogens with zero attached hydrogens (tertiary/aromatic N) is 2. The molecule has 2 heterocycles. The minimum atomic E-state index is -5.08. The minimum Gasteiger partial charge on any atom is -0.478 e. The van der Waals surface area contributed by atoms with Crippen LogP contribution in [0.25, 0.3) is 0 Å². The number of hydrogen-bond donors (Lipinski definition) is 3. The number of aromatic nitrogens is 1. The predicted molar refractivity (Wildman–Crippen MR) is 115 cm³/mol. The Bertz CT molecular complexity index is 1200. The first kappa shape index (κ1) is 27.5. The number of nitrogens with one attached hydrogen (secondary N) is 1. The smallest absolute Gasteiger partial charge is 0.478 e. The van der Waals surface area contributed by atoms with Crippen molar-refractivity contribution in [3.8, 4) is 0 Å². The lowest BCUT2D eigenvalue weighted by Gasteiger charge is -2.28. The molecule has 0 spiro atoms. The summed E-state index contributed by atoms with van der Waals surface area (Å²) < 4.78 is 64.4. The molecule has 1 aliphatic rings. The number of halogens is 3. The number of anilines is 2. The van der Waals surface area contributed by atoms with Gasteiger partial charge < -0.3 is 19.8 Å². The number of aromatic carboxylic acids is 1. The van der Waals surface area contributed by atoms with Crippen molar-refractivity contribution in [2.45, 2.75) is 18.0 Å². The summed E-state index contributed by atoms with van der Waals surface area (Å²) in [6.07, 6.45) is -3.81. The van der Waals surface area contributed by atoms with Crippen LogP contribution in [0.15, 0.2) is 41.4 Å². The number of hydrogen-bond acceptors (Lipinski definition) is 8. The first-order valence-electron chi connectivity index (χ1n) is 9.72. The first-order valence-corrected chi connectivity index (χ1v) is 11.2. The van der Waals surface area contributed by atoms with Crippen molar-refractivity contribution in [3.63, 3.8) is 0 Å². The third-order valence-electron chi connectivity index (χ3n) is 4.47. The quantitative estimate of drug-likeness (QED) is 0.482. The van der Waals surface area contributed by atoms with E-state index in [-0.39, 0.29) is 27.7 Å². The Morgan fingerprint density at radius 3 is 2.09 bits per heavy atom. The van der Waals surface area contributed by atoms with Gasteiger partial charge in [0, 0.05) is 18.7 Å². The number of benzene rings is 1. The number of sulfonamides is 1. The van der Waals surface area contributed by atoms with Crippen LogP contribution in [0.3, 0.4) is 0 Å². The van der Waals surface area contributed by atoms with E-state index in [1.54, 1.807) is 4.90 Å². The van der Waals surface area contributed by atoms with Gasteiger partial charge in [0.05, 0.1) is 30.0 Å². The molecule has 1 fully saturated rings. The first-order chi connectivity index (χ1) is 16.2. The Morgan fingerprint density at radius 1 is 1.09 bits per heavy atom. The highest BCUT2D eigenvalue weighted by Crippen LogP contribution is 2.24. The molecule has 1 saturated heterocycles. The maximum atomic E-state index is 12.6. The minimum absolute atomic E-state index is 0.0325.